The van der Waals surface area contributed by atoms with Crippen molar-refractivity contribution >= 4 is 17.8 Å². The molecular formula is C16H13F2N3O4. The van der Waals surface area contributed by atoms with Gasteiger partial charge in [-0.1, -0.05) is 17.2 Å². The van der Waals surface area contributed by atoms with Gasteiger partial charge in [0.05, 0.1) is 23.2 Å². The molecule has 2 heterocycles. The van der Waals surface area contributed by atoms with E-state index in [4.69, 9.17) is 4.84 Å². The molecule has 0 N–H and O–H groups in total. The monoisotopic (exact) mass is 349 g/mol. The van der Waals surface area contributed by atoms with Gasteiger partial charge in [-0.25, -0.2) is 9.48 Å². The third-order valence-corrected chi connectivity index (χ3v) is 3.93. The summed E-state index contributed by atoms with van der Waals surface area (Å²) in [5.41, 5.74) is 0.905. The first-order valence-corrected chi connectivity index (χ1v) is 7.32. The summed E-state index contributed by atoms with van der Waals surface area (Å²) in [6.07, 6.45) is -0.391. The highest BCUT2D eigenvalue weighted by atomic mass is 19.3. The Hall–Kier alpha value is -3.10. The van der Waals surface area contributed by atoms with Gasteiger partial charge in [-0.05, 0) is 26.0 Å². The molecule has 1 aromatic heterocycles. The molecule has 2 amide bonds. The molecule has 3 rings (SSSR count). The van der Waals surface area contributed by atoms with Gasteiger partial charge in [0, 0.05) is 11.3 Å². The van der Waals surface area contributed by atoms with Crippen LogP contribution in [0.25, 0.3) is 0 Å². The average molecular weight is 349 g/mol. The second-order valence-electron chi connectivity index (χ2n) is 5.46. The molecule has 0 bridgehead atoms. The lowest BCUT2D eigenvalue weighted by atomic mass is 10.1. The Morgan fingerprint density at radius 3 is 2.20 bits per heavy atom. The Balaban J connectivity index is 1.77. The van der Waals surface area contributed by atoms with Gasteiger partial charge in [0.15, 0.2) is 0 Å². The van der Waals surface area contributed by atoms with Crippen LogP contribution in [0.4, 0.5) is 8.78 Å². The van der Waals surface area contributed by atoms with E-state index in [1.54, 1.807) is 12.1 Å². The van der Waals surface area contributed by atoms with Crippen LogP contribution in [0.1, 0.15) is 44.2 Å². The molecule has 1 aliphatic heterocycles. The van der Waals surface area contributed by atoms with Gasteiger partial charge in [-0.2, -0.15) is 13.9 Å². The fourth-order valence-corrected chi connectivity index (χ4v) is 2.67. The van der Waals surface area contributed by atoms with Crippen molar-refractivity contribution in [2.75, 3.05) is 0 Å². The van der Waals surface area contributed by atoms with E-state index in [-0.39, 0.29) is 28.1 Å². The first-order chi connectivity index (χ1) is 11.8. The van der Waals surface area contributed by atoms with Gasteiger partial charge in [-0.3, -0.25) is 9.59 Å². The molecule has 1 aliphatic rings. The Bertz CT molecular complexity index is 857. The summed E-state index contributed by atoms with van der Waals surface area (Å²) in [5.74, 6) is -2.41. The summed E-state index contributed by atoms with van der Waals surface area (Å²) < 4.78 is 26.2. The molecule has 2 aromatic rings. The van der Waals surface area contributed by atoms with Crippen LogP contribution in [0.15, 0.2) is 24.3 Å². The predicted molar refractivity (Wildman–Crippen MR) is 79.7 cm³/mol. The highest BCUT2D eigenvalue weighted by Gasteiger charge is 2.38. The van der Waals surface area contributed by atoms with E-state index in [2.05, 4.69) is 5.10 Å². The number of hydrogen-bond acceptors (Lipinski definition) is 5. The molecule has 0 unspecified atom stereocenters. The standard InChI is InChI=1S/C16H13F2N3O4/c1-8-12(9(2)20(19-8)16(17)18)7-13(22)25-21-14(23)10-5-3-4-6-11(10)15(21)24/h3-6,16H,7H2,1-2H3. The van der Waals surface area contributed by atoms with Crippen molar-refractivity contribution in [3.63, 3.8) is 0 Å². The average Bonchev–Trinajstić information content (AvgIpc) is 2.98. The zero-order valence-corrected chi connectivity index (χ0v) is 13.3. The van der Waals surface area contributed by atoms with Gasteiger partial charge in [-0.15, -0.1) is 0 Å². The summed E-state index contributed by atoms with van der Waals surface area (Å²) in [6.45, 7) is 0.0486. The molecule has 0 fully saturated rings. The van der Waals surface area contributed by atoms with E-state index < -0.39 is 30.8 Å². The lowest BCUT2D eigenvalue weighted by Gasteiger charge is -2.12. The van der Waals surface area contributed by atoms with Gasteiger partial charge in [0.25, 0.3) is 11.8 Å². The molecule has 130 valence electrons. The number of carbonyl (C=O) groups is 3. The minimum Gasteiger partial charge on any atom is -0.329 e. The summed E-state index contributed by atoms with van der Waals surface area (Å²) in [6, 6.07) is 6.07. The largest absolute Gasteiger partial charge is 0.337 e. The van der Waals surface area contributed by atoms with Crippen LogP contribution in [-0.2, 0) is 16.1 Å². The molecule has 25 heavy (non-hydrogen) atoms. The normalized spacial score (nSPS) is 13.6. The molecular weight excluding hydrogens is 336 g/mol. The minimum atomic E-state index is -2.83. The Kier molecular flexibility index (Phi) is 4.07. The number of aryl methyl sites for hydroxylation is 1. The van der Waals surface area contributed by atoms with Crippen molar-refractivity contribution in [2.45, 2.75) is 26.8 Å². The molecule has 0 atom stereocenters. The quantitative estimate of drug-likeness (QED) is 0.791. The Morgan fingerprint density at radius 2 is 1.72 bits per heavy atom. The van der Waals surface area contributed by atoms with Crippen molar-refractivity contribution in [2.24, 2.45) is 0 Å². The Labute approximate surface area is 140 Å². The van der Waals surface area contributed by atoms with Crippen LogP contribution in [0.3, 0.4) is 0 Å². The number of halogens is 2. The molecule has 9 heteroatoms. The Morgan fingerprint density at radius 1 is 1.16 bits per heavy atom. The molecule has 1 aromatic carbocycles. The first-order valence-electron chi connectivity index (χ1n) is 7.32. The van der Waals surface area contributed by atoms with Gasteiger partial charge >= 0.3 is 12.5 Å². The maximum Gasteiger partial charge on any atom is 0.337 e. The number of hydrogen-bond donors (Lipinski definition) is 0. The zero-order valence-electron chi connectivity index (χ0n) is 13.3. The van der Waals surface area contributed by atoms with E-state index in [1.807, 2.05) is 0 Å². The molecule has 0 spiro atoms. The number of fused-ring (bicyclic) bond motifs is 1. The number of carbonyl (C=O) groups excluding carboxylic acids is 3. The van der Waals surface area contributed by atoms with Crippen LogP contribution in [0, 0.1) is 13.8 Å². The van der Waals surface area contributed by atoms with Crippen LogP contribution < -0.4 is 0 Å². The minimum absolute atomic E-state index is 0.117. The predicted octanol–water partition coefficient (Wildman–Crippen LogP) is 2.19. The molecule has 0 saturated heterocycles. The van der Waals surface area contributed by atoms with E-state index in [9.17, 15) is 23.2 Å². The lowest BCUT2D eigenvalue weighted by molar-refractivity contribution is -0.167. The fourth-order valence-electron chi connectivity index (χ4n) is 2.67. The molecule has 7 nitrogen and oxygen atoms in total. The third-order valence-electron chi connectivity index (χ3n) is 3.93. The summed E-state index contributed by atoms with van der Waals surface area (Å²) in [7, 11) is 0. The van der Waals surface area contributed by atoms with Crippen LogP contribution in [0.5, 0.6) is 0 Å². The van der Waals surface area contributed by atoms with E-state index in [1.165, 1.54) is 26.0 Å². The molecule has 0 radical (unpaired) electrons. The maximum atomic E-state index is 12.8. The zero-order chi connectivity index (χ0) is 18.3. The summed E-state index contributed by atoms with van der Waals surface area (Å²) >= 11 is 0. The van der Waals surface area contributed by atoms with Gasteiger partial charge in [0.1, 0.15) is 0 Å². The topological polar surface area (TPSA) is 81.5 Å². The van der Waals surface area contributed by atoms with Crippen molar-refractivity contribution in [3.05, 3.63) is 52.3 Å². The second-order valence-corrected chi connectivity index (χ2v) is 5.46. The SMILES string of the molecule is Cc1nn(C(F)F)c(C)c1CC(=O)ON1C(=O)c2ccccc2C1=O. The van der Waals surface area contributed by atoms with Crippen molar-refractivity contribution in [3.8, 4) is 0 Å². The number of rotatable bonds is 4. The number of aromatic nitrogens is 2. The van der Waals surface area contributed by atoms with Crippen LogP contribution in [0.2, 0.25) is 0 Å². The summed E-state index contributed by atoms with van der Waals surface area (Å²) in [4.78, 5) is 41.2. The number of imide groups is 1. The van der Waals surface area contributed by atoms with E-state index in [0.29, 0.717) is 9.75 Å². The third kappa shape index (κ3) is 2.77. The van der Waals surface area contributed by atoms with Crippen molar-refractivity contribution < 1.29 is 28.0 Å². The second kappa shape index (κ2) is 6.08. The lowest BCUT2D eigenvalue weighted by Crippen LogP contribution is -2.33. The first kappa shape index (κ1) is 16.7. The maximum absolute atomic E-state index is 12.8. The number of alkyl halides is 2. The molecule has 0 saturated carbocycles. The number of hydroxylamine groups is 2. The highest BCUT2D eigenvalue weighted by molar-refractivity contribution is 6.20. The number of benzene rings is 1. The van der Waals surface area contributed by atoms with Crippen LogP contribution in [-0.4, -0.2) is 32.6 Å². The smallest absolute Gasteiger partial charge is 0.329 e. The summed E-state index contributed by atoms with van der Waals surface area (Å²) in [5, 5.41) is 4.05. The van der Waals surface area contributed by atoms with E-state index in [0.717, 1.165) is 0 Å². The fraction of sp³-hybridized carbons (Fsp3) is 0.250. The highest BCUT2D eigenvalue weighted by Crippen LogP contribution is 2.24. The van der Waals surface area contributed by atoms with Gasteiger partial charge < -0.3 is 4.84 Å². The van der Waals surface area contributed by atoms with E-state index >= 15 is 0 Å². The number of amides is 2. The molecule has 0 aliphatic carbocycles. The van der Waals surface area contributed by atoms with Gasteiger partial charge in [0.2, 0.25) is 0 Å². The van der Waals surface area contributed by atoms with Crippen LogP contribution >= 0.6 is 0 Å². The van der Waals surface area contributed by atoms with Crippen molar-refractivity contribution in [1.29, 1.82) is 0 Å². The number of nitrogens with zero attached hydrogens (tertiary/aromatic N) is 3. The van der Waals surface area contributed by atoms with Crippen molar-refractivity contribution in [1.82, 2.24) is 14.8 Å².